The van der Waals surface area contributed by atoms with Crippen molar-refractivity contribution in [2.45, 2.75) is 31.0 Å². The van der Waals surface area contributed by atoms with Gasteiger partial charge in [-0.15, -0.1) is 0 Å². The standard InChI is InChI=1S/C21H20F3N3O3S/c1-13-9-20-26-18(12-27(20)11-13)17-10-16(31(28,29)25-2)7-8-19(17)30-15-5-3-14(4-6-15)21(22,23)24/h3-8,10,12-13,25H,9,11H2,1-2H3/t13-/m0/s1. The van der Waals surface area contributed by atoms with E-state index in [2.05, 4.69) is 16.6 Å². The van der Waals surface area contributed by atoms with Crippen LogP contribution in [0.5, 0.6) is 11.5 Å². The van der Waals surface area contributed by atoms with Crippen LogP contribution in [-0.2, 0) is 29.2 Å². The van der Waals surface area contributed by atoms with Crippen LogP contribution in [0, 0.1) is 5.92 Å². The van der Waals surface area contributed by atoms with Crippen LogP contribution in [0.4, 0.5) is 13.2 Å². The topological polar surface area (TPSA) is 73.2 Å². The van der Waals surface area contributed by atoms with Gasteiger partial charge in [-0.05, 0) is 55.4 Å². The molecule has 0 saturated carbocycles. The monoisotopic (exact) mass is 451 g/mol. The van der Waals surface area contributed by atoms with Gasteiger partial charge in [-0.1, -0.05) is 6.92 Å². The molecule has 1 aliphatic rings. The Labute approximate surface area is 177 Å². The van der Waals surface area contributed by atoms with Crippen LogP contribution in [0.2, 0.25) is 0 Å². The van der Waals surface area contributed by atoms with Gasteiger partial charge in [0.25, 0.3) is 0 Å². The van der Waals surface area contributed by atoms with Gasteiger partial charge in [-0.3, -0.25) is 0 Å². The SMILES string of the molecule is CNS(=O)(=O)c1ccc(Oc2ccc(C(F)(F)F)cc2)c(-c2cn3c(n2)C[C@H](C)C3)c1. The van der Waals surface area contributed by atoms with E-state index in [1.807, 2.05) is 10.8 Å². The number of sulfonamides is 1. The average Bonchev–Trinajstić information content (AvgIpc) is 3.25. The van der Waals surface area contributed by atoms with E-state index >= 15 is 0 Å². The number of halogens is 3. The van der Waals surface area contributed by atoms with E-state index in [9.17, 15) is 21.6 Å². The molecule has 0 bridgehead atoms. The number of hydrogen-bond acceptors (Lipinski definition) is 4. The maximum Gasteiger partial charge on any atom is 0.416 e. The highest BCUT2D eigenvalue weighted by Gasteiger charge is 2.30. The minimum atomic E-state index is -4.44. The third-order valence-corrected chi connectivity index (χ3v) is 6.53. The van der Waals surface area contributed by atoms with Gasteiger partial charge >= 0.3 is 6.18 Å². The van der Waals surface area contributed by atoms with Crippen LogP contribution in [0.15, 0.2) is 53.6 Å². The molecule has 0 spiro atoms. The number of nitrogens with zero attached hydrogens (tertiary/aromatic N) is 2. The highest BCUT2D eigenvalue weighted by atomic mass is 32.2. The lowest BCUT2D eigenvalue weighted by Crippen LogP contribution is -2.18. The number of hydrogen-bond donors (Lipinski definition) is 1. The maximum atomic E-state index is 12.8. The molecule has 10 heteroatoms. The van der Waals surface area contributed by atoms with Crippen LogP contribution in [-0.4, -0.2) is 25.0 Å². The number of benzene rings is 2. The molecule has 3 aromatic rings. The summed E-state index contributed by atoms with van der Waals surface area (Å²) in [5, 5.41) is 0. The highest BCUT2D eigenvalue weighted by Crippen LogP contribution is 2.37. The molecule has 164 valence electrons. The van der Waals surface area contributed by atoms with E-state index in [0.717, 1.165) is 30.9 Å². The van der Waals surface area contributed by atoms with Crippen molar-refractivity contribution in [2.75, 3.05) is 7.05 Å². The van der Waals surface area contributed by atoms with Crippen molar-refractivity contribution in [3.8, 4) is 22.8 Å². The number of nitrogens with one attached hydrogen (secondary N) is 1. The van der Waals surface area contributed by atoms with Crippen LogP contribution in [0.3, 0.4) is 0 Å². The molecule has 1 aromatic heterocycles. The summed E-state index contributed by atoms with van der Waals surface area (Å²) in [6.07, 6.45) is -1.80. The lowest BCUT2D eigenvalue weighted by molar-refractivity contribution is -0.137. The van der Waals surface area contributed by atoms with Crippen LogP contribution in [0.1, 0.15) is 18.3 Å². The molecule has 0 fully saturated rings. The second-order valence-electron chi connectivity index (χ2n) is 7.49. The minimum Gasteiger partial charge on any atom is -0.457 e. The first kappa shape index (κ1) is 21.4. The molecule has 0 saturated heterocycles. The summed E-state index contributed by atoms with van der Waals surface area (Å²) in [6.45, 7) is 2.93. The molecule has 31 heavy (non-hydrogen) atoms. The van der Waals surface area contributed by atoms with E-state index in [-0.39, 0.29) is 10.6 Å². The number of imidazole rings is 1. The van der Waals surface area contributed by atoms with E-state index in [0.29, 0.717) is 22.9 Å². The second-order valence-corrected chi connectivity index (χ2v) is 9.38. The average molecular weight is 451 g/mol. The molecule has 1 N–H and O–H groups in total. The molecule has 0 unspecified atom stereocenters. The molecule has 2 heterocycles. The molecule has 0 amide bonds. The summed E-state index contributed by atoms with van der Waals surface area (Å²) in [5.41, 5.74) is 0.193. The zero-order valence-corrected chi connectivity index (χ0v) is 17.6. The predicted molar refractivity (Wildman–Crippen MR) is 108 cm³/mol. The highest BCUT2D eigenvalue weighted by molar-refractivity contribution is 7.89. The Balaban J connectivity index is 1.74. The lowest BCUT2D eigenvalue weighted by atomic mass is 10.1. The molecule has 1 aliphatic heterocycles. The van der Waals surface area contributed by atoms with Crippen molar-refractivity contribution in [2.24, 2.45) is 5.92 Å². The van der Waals surface area contributed by atoms with Crippen molar-refractivity contribution in [1.29, 1.82) is 0 Å². The van der Waals surface area contributed by atoms with Gasteiger partial charge in [0.2, 0.25) is 10.0 Å². The Hall–Kier alpha value is -2.85. The first-order chi connectivity index (χ1) is 14.6. The summed E-state index contributed by atoms with van der Waals surface area (Å²) in [6, 6.07) is 8.61. The normalized spacial score (nSPS) is 16.4. The molecular weight excluding hydrogens is 431 g/mol. The van der Waals surface area contributed by atoms with Crippen molar-refractivity contribution >= 4 is 10.0 Å². The summed E-state index contributed by atoms with van der Waals surface area (Å²) in [5.74, 6) is 1.85. The Morgan fingerprint density at radius 1 is 1.16 bits per heavy atom. The molecule has 4 rings (SSSR count). The van der Waals surface area contributed by atoms with Gasteiger partial charge in [0.15, 0.2) is 0 Å². The molecule has 2 aromatic carbocycles. The van der Waals surface area contributed by atoms with Crippen molar-refractivity contribution < 1.29 is 26.3 Å². The minimum absolute atomic E-state index is 0.0336. The molecular formula is C21H20F3N3O3S. The largest absolute Gasteiger partial charge is 0.457 e. The zero-order chi connectivity index (χ0) is 22.4. The van der Waals surface area contributed by atoms with E-state index in [1.165, 1.54) is 37.4 Å². The van der Waals surface area contributed by atoms with Crippen molar-refractivity contribution in [1.82, 2.24) is 14.3 Å². The van der Waals surface area contributed by atoms with E-state index < -0.39 is 21.8 Å². The summed E-state index contributed by atoms with van der Waals surface area (Å²) in [7, 11) is -2.40. The van der Waals surface area contributed by atoms with Gasteiger partial charge in [0, 0.05) is 24.7 Å². The van der Waals surface area contributed by atoms with Crippen LogP contribution in [0.25, 0.3) is 11.3 Å². The first-order valence-electron chi connectivity index (χ1n) is 9.56. The van der Waals surface area contributed by atoms with Gasteiger partial charge in [0.05, 0.1) is 16.2 Å². The number of rotatable bonds is 5. The second kappa shape index (κ2) is 7.69. The Bertz CT molecular complexity index is 1200. The summed E-state index contributed by atoms with van der Waals surface area (Å²) < 4.78 is 73.1. The molecule has 1 atom stereocenters. The van der Waals surface area contributed by atoms with Gasteiger partial charge in [0.1, 0.15) is 17.3 Å². The predicted octanol–water partition coefficient (Wildman–Crippen LogP) is 4.46. The molecule has 0 radical (unpaired) electrons. The van der Waals surface area contributed by atoms with Gasteiger partial charge in [-0.2, -0.15) is 13.2 Å². The Kier molecular flexibility index (Phi) is 5.30. The summed E-state index contributed by atoms with van der Waals surface area (Å²) >= 11 is 0. The number of ether oxygens (including phenoxy) is 1. The number of aromatic nitrogens is 2. The summed E-state index contributed by atoms with van der Waals surface area (Å²) in [4.78, 5) is 4.66. The maximum absolute atomic E-state index is 12.8. The number of alkyl halides is 3. The first-order valence-corrected chi connectivity index (χ1v) is 11.0. The van der Waals surface area contributed by atoms with E-state index in [1.54, 1.807) is 0 Å². The quantitative estimate of drug-likeness (QED) is 0.622. The zero-order valence-electron chi connectivity index (χ0n) is 16.8. The van der Waals surface area contributed by atoms with Crippen molar-refractivity contribution in [3.05, 3.63) is 60.0 Å². The third-order valence-electron chi connectivity index (χ3n) is 5.11. The van der Waals surface area contributed by atoms with Crippen molar-refractivity contribution in [3.63, 3.8) is 0 Å². The Morgan fingerprint density at radius 2 is 1.87 bits per heavy atom. The van der Waals surface area contributed by atoms with Crippen LogP contribution >= 0.6 is 0 Å². The lowest BCUT2D eigenvalue weighted by Gasteiger charge is -2.13. The fraction of sp³-hybridized carbons (Fsp3) is 0.286. The van der Waals surface area contributed by atoms with E-state index in [4.69, 9.17) is 4.74 Å². The fourth-order valence-corrected chi connectivity index (χ4v) is 4.30. The molecule has 6 nitrogen and oxygen atoms in total. The number of fused-ring (bicyclic) bond motifs is 1. The fourth-order valence-electron chi connectivity index (χ4n) is 3.54. The Morgan fingerprint density at radius 3 is 2.48 bits per heavy atom. The van der Waals surface area contributed by atoms with Crippen LogP contribution < -0.4 is 9.46 Å². The third kappa shape index (κ3) is 4.31. The molecule has 0 aliphatic carbocycles. The van der Waals surface area contributed by atoms with Gasteiger partial charge in [-0.25, -0.2) is 18.1 Å². The van der Waals surface area contributed by atoms with Gasteiger partial charge < -0.3 is 9.30 Å². The smallest absolute Gasteiger partial charge is 0.416 e.